The van der Waals surface area contributed by atoms with Gasteiger partial charge in [0.15, 0.2) is 0 Å². The number of hydrogen-bond donors (Lipinski definition) is 0. The Balaban J connectivity index is 2.09. The molecule has 0 aliphatic carbocycles. The van der Waals surface area contributed by atoms with Gasteiger partial charge in [0.1, 0.15) is 12.1 Å². The average Bonchev–Trinajstić information content (AvgIpc) is 2.79. The summed E-state index contributed by atoms with van der Waals surface area (Å²) in [7, 11) is 0. The quantitative estimate of drug-likeness (QED) is 0.778. The van der Waals surface area contributed by atoms with E-state index in [1.807, 2.05) is 18.2 Å². The van der Waals surface area contributed by atoms with Gasteiger partial charge in [0, 0.05) is 23.9 Å². The highest BCUT2D eigenvalue weighted by Crippen LogP contribution is 2.32. The van der Waals surface area contributed by atoms with Crippen LogP contribution in [0.4, 0.5) is 5.82 Å². The van der Waals surface area contributed by atoms with Crippen LogP contribution in [0.5, 0.6) is 0 Å². The number of rotatable bonds is 2. The van der Waals surface area contributed by atoms with Crippen molar-refractivity contribution in [3.8, 4) is 0 Å². The summed E-state index contributed by atoms with van der Waals surface area (Å²) in [6, 6.07) is 8.52. The number of para-hydroxylation sites is 1. The number of alkyl halides is 1. The van der Waals surface area contributed by atoms with E-state index in [2.05, 4.69) is 27.9 Å². The first kappa shape index (κ1) is 11.7. The molecule has 1 aromatic heterocycles. The normalized spacial score (nSPS) is 23.8. The van der Waals surface area contributed by atoms with Crippen LogP contribution < -0.4 is 4.90 Å². The number of hydrogen-bond acceptors (Lipinski definition) is 3. The molecule has 18 heavy (non-hydrogen) atoms. The maximum atomic E-state index is 6.11. The molecule has 2 atom stereocenters. The van der Waals surface area contributed by atoms with E-state index < -0.39 is 0 Å². The molecule has 1 aliphatic heterocycles. The van der Waals surface area contributed by atoms with Crippen molar-refractivity contribution in [1.82, 2.24) is 9.97 Å². The van der Waals surface area contributed by atoms with Crippen LogP contribution in [0, 0.1) is 5.92 Å². The molecule has 1 saturated heterocycles. The summed E-state index contributed by atoms with van der Waals surface area (Å²) in [6.07, 6.45) is 2.82. The number of nitrogens with zero attached hydrogens (tertiary/aromatic N) is 3. The smallest absolute Gasteiger partial charge is 0.140 e. The molecule has 0 spiro atoms. The van der Waals surface area contributed by atoms with Crippen LogP contribution in [0.25, 0.3) is 10.9 Å². The molecular weight excluding hydrogens is 246 g/mol. The third-order valence-corrected chi connectivity index (χ3v) is 4.15. The molecule has 0 amide bonds. The molecular formula is C14H16ClN3. The summed E-state index contributed by atoms with van der Waals surface area (Å²) < 4.78 is 0. The van der Waals surface area contributed by atoms with E-state index in [4.69, 9.17) is 11.6 Å². The van der Waals surface area contributed by atoms with Crippen LogP contribution in [0.3, 0.4) is 0 Å². The minimum Gasteiger partial charge on any atom is -0.352 e. The van der Waals surface area contributed by atoms with Crippen molar-refractivity contribution in [1.29, 1.82) is 0 Å². The highest BCUT2D eigenvalue weighted by atomic mass is 35.5. The average molecular weight is 262 g/mol. The molecule has 0 N–H and O–H groups in total. The summed E-state index contributed by atoms with van der Waals surface area (Å²) in [5.74, 6) is 2.30. The van der Waals surface area contributed by atoms with Crippen molar-refractivity contribution in [3.05, 3.63) is 30.6 Å². The second-order valence-electron chi connectivity index (χ2n) is 4.90. The van der Waals surface area contributed by atoms with Gasteiger partial charge in [0.05, 0.1) is 5.52 Å². The minimum absolute atomic E-state index is 0.380. The Hall–Kier alpha value is -1.35. The Labute approximate surface area is 112 Å². The summed E-state index contributed by atoms with van der Waals surface area (Å²) >= 11 is 6.11. The number of anilines is 1. The van der Waals surface area contributed by atoms with E-state index in [1.165, 1.54) is 6.42 Å². The van der Waals surface area contributed by atoms with Gasteiger partial charge in [-0.25, -0.2) is 9.97 Å². The van der Waals surface area contributed by atoms with Crippen LogP contribution in [0.1, 0.15) is 13.3 Å². The molecule has 94 valence electrons. The fraction of sp³-hybridized carbons (Fsp3) is 0.429. The molecule has 1 aliphatic rings. The lowest BCUT2D eigenvalue weighted by molar-refractivity contribution is 0.549. The van der Waals surface area contributed by atoms with Crippen LogP contribution in [-0.4, -0.2) is 28.4 Å². The molecule has 1 fully saturated rings. The van der Waals surface area contributed by atoms with Gasteiger partial charge in [-0.05, 0) is 24.5 Å². The second kappa shape index (κ2) is 4.73. The summed E-state index contributed by atoms with van der Waals surface area (Å²) in [5.41, 5.74) is 0.996. The fourth-order valence-corrected chi connectivity index (χ4v) is 3.20. The molecule has 4 heteroatoms. The maximum Gasteiger partial charge on any atom is 0.140 e. The predicted molar refractivity (Wildman–Crippen MR) is 75.2 cm³/mol. The highest BCUT2D eigenvalue weighted by Gasteiger charge is 2.32. The first-order valence-electron chi connectivity index (χ1n) is 6.33. The zero-order chi connectivity index (χ0) is 12.5. The van der Waals surface area contributed by atoms with Crippen molar-refractivity contribution in [2.45, 2.75) is 19.4 Å². The van der Waals surface area contributed by atoms with Crippen LogP contribution in [-0.2, 0) is 0 Å². The van der Waals surface area contributed by atoms with Crippen molar-refractivity contribution in [2.75, 3.05) is 17.3 Å². The van der Waals surface area contributed by atoms with Gasteiger partial charge >= 0.3 is 0 Å². The molecule has 0 bridgehead atoms. The minimum atomic E-state index is 0.380. The molecule has 0 saturated carbocycles. The Bertz CT molecular complexity index is 552. The number of halogens is 1. The third-order valence-electron chi connectivity index (χ3n) is 3.83. The third kappa shape index (κ3) is 1.83. The lowest BCUT2D eigenvalue weighted by Gasteiger charge is -2.26. The van der Waals surface area contributed by atoms with E-state index >= 15 is 0 Å². The van der Waals surface area contributed by atoms with Crippen LogP contribution >= 0.6 is 11.6 Å². The van der Waals surface area contributed by atoms with Gasteiger partial charge in [0.25, 0.3) is 0 Å². The number of fused-ring (bicyclic) bond motifs is 1. The Morgan fingerprint density at radius 1 is 1.33 bits per heavy atom. The Kier molecular flexibility index (Phi) is 3.08. The zero-order valence-electron chi connectivity index (χ0n) is 10.4. The number of benzene rings is 1. The fourth-order valence-electron chi connectivity index (χ4n) is 2.73. The molecule has 2 unspecified atom stereocenters. The summed E-state index contributed by atoms with van der Waals surface area (Å²) in [4.78, 5) is 11.1. The number of aromatic nitrogens is 2. The molecule has 2 aromatic rings. The molecule has 3 nitrogen and oxygen atoms in total. The SMILES string of the molecule is CC1CCN(c2ncnc3ccccc23)C1CCl. The monoisotopic (exact) mass is 261 g/mol. The lowest BCUT2D eigenvalue weighted by atomic mass is 10.0. The zero-order valence-corrected chi connectivity index (χ0v) is 11.1. The first-order chi connectivity index (χ1) is 8.81. The van der Waals surface area contributed by atoms with Gasteiger partial charge in [-0.1, -0.05) is 19.1 Å². The van der Waals surface area contributed by atoms with Crippen molar-refractivity contribution in [2.24, 2.45) is 5.92 Å². The Morgan fingerprint density at radius 3 is 3.00 bits per heavy atom. The van der Waals surface area contributed by atoms with Crippen molar-refractivity contribution >= 4 is 28.3 Å². The predicted octanol–water partition coefficient (Wildman–Crippen LogP) is 3.08. The topological polar surface area (TPSA) is 29.0 Å². The van der Waals surface area contributed by atoms with Gasteiger partial charge < -0.3 is 4.90 Å². The molecule has 0 radical (unpaired) electrons. The van der Waals surface area contributed by atoms with E-state index in [0.717, 1.165) is 23.3 Å². The van der Waals surface area contributed by atoms with Gasteiger partial charge in [-0.3, -0.25) is 0 Å². The molecule has 1 aromatic carbocycles. The van der Waals surface area contributed by atoms with Gasteiger partial charge in [-0.2, -0.15) is 0 Å². The van der Waals surface area contributed by atoms with Crippen LogP contribution in [0.2, 0.25) is 0 Å². The standard InChI is InChI=1S/C14H16ClN3/c1-10-6-7-18(13(10)8-15)14-11-4-2-3-5-12(11)16-9-17-14/h2-5,9-10,13H,6-8H2,1H3. The maximum absolute atomic E-state index is 6.11. The molecule has 3 rings (SSSR count). The highest BCUT2D eigenvalue weighted by molar-refractivity contribution is 6.18. The lowest BCUT2D eigenvalue weighted by Crippen LogP contribution is -2.34. The van der Waals surface area contributed by atoms with E-state index in [0.29, 0.717) is 17.8 Å². The van der Waals surface area contributed by atoms with Crippen LogP contribution in [0.15, 0.2) is 30.6 Å². The van der Waals surface area contributed by atoms with Gasteiger partial charge in [-0.15, -0.1) is 11.6 Å². The van der Waals surface area contributed by atoms with Crippen molar-refractivity contribution in [3.63, 3.8) is 0 Å². The summed E-state index contributed by atoms with van der Waals surface area (Å²) in [6.45, 7) is 3.29. The van der Waals surface area contributed by atoms with E-state index in [1.54, 1.807) is 6.33 Å². The first-order valence-corrected chi connectivity index (χ1v) is 6.87. The largest absolute Gasteiger partial charge is 0.352 e. The van der Waals surface area contributed by atoms with Gasteiger partial charge in [0.2, 0.25) is 0 Å². The summed E-state index contributed by atoms with van der Waals surface area (Å²) in [5, 5.41) is 1.12. The second-order valence-corrected chi connectivity index (χ2v) is 5.20. The van der Waals surface area contributed by atoms with E-state index in [-0.39, 0.29) is 0 Å². The van der Waals surface area contributed by atoms with E-state index in [9.17, 15) is 0 Å². The Morgan fingerprint density at radius 2 is 2.17 bits per heavy atom. The molecule has 2 heterocycles. The van der Waals surface area contributed by atoms with Crippen molar-refractivity contribution < 1.29 is 0 Å².